The number of hydrogen-bond donors (Lipinski definition) is 2. The van der Waals surface area contributed by atoms with Crippen LogP contribution in [0.2, 0.25) is 0 Å². The molecule has 1 amide bonds. The van der Waals surface area contributed by atoms with Crippen LogP contribution in [0.5, 0.6) is 11.5 Å². The summed E-state index contributed by atoms with van der Waals surface area (Å²) in [6, 6.07) is 8.49. The van der Waals surface area contributed by atoms with Crippen molar-refractivity contribution in [3.8, 4) is 11.5 Å². The minimum absolute atomic E-state index is 0.0185. The summed E-state index contributed by atoms with van der Waals surface area (Å²) in [6.07, 6.45) is 1.31. The first kappa shape index (κ1) is 21.6. The topological polar surface area (TPSA) is 164 Å². The number of hydrogen-bond acceptors (Lipinski definition) is 10. The quantitative estimate of drug-likeness (QED) is 0.280. The molecule has 0 aliphatic rings. The lowest BCUT2D eigenvalue weighted by molar-refractivity contribution is -0.121. The van der Waals surface area contributed by atoms with E-state index in [2.05, 4.69) is 26.1 Å². The Morgan fingerprint density at radius 3 is 2.65 bits per heavy atom. The molecule has 3 aromatic rings. The fourth-order valence-electron chi connectivity index (χ4n) is 2.28. The van der Waals surface area contributed by atoms with Crippen LogP contribution in [0.1, 0.15) is 5.56 Å². The number of rotatable bonds is 8. The Morgan fingerprint density at radius 1 is 1.26 bits per heavy atom. The monoisotopic (exact) mass is 449 g/mol. The molecule has 0 radical (unpaired) electrons. The zero-order valence-electron chi connectivity index (χ0n) is 16.0. The van der Waals surface area contributed by atoms with Crippen LogP contribution in [0.15, 0.2) is 52.5 Å². The first-order valence-corrected chi connectivity index (χ1v) is 9.91. The van der Waals surface area contributed by atoms with E-state index >= 15 is 0 Å². The van der Waals surface area contributed by atoms with Crippen molar-refractivity contribution in [1.29, 1.82) is 0 Å². The molecule has 14 heteroatoms. The van der Waals surface area contributed by atoms with Crippen molar-refractivity contribution >= 4 is 28.2 Å². The molecule has 0 spiro atoms. The number of tetrazole rings is 1. The number of halogens is 1. The fraction of sp³-hybridized carbons (Fsp3) is 0.118. The Hall–Kier alpha value is -4.07. The number of ether oxygens (including phenoxy) is 1. The summed E-state index contributed by atoms with van der Waals surface area (Å²) in [5.41, 5.74) is 8.22. The zero-order valence-corrected chi connectivity index (χ0v) is 16.8. The van der Waals surface area contributed by atoms with E-state index in [0.717, 1.165) is 28.9 Å². The van der Waals surface area contributed by atoms with E-state index in [1.165, 1.54) is 31.5 Å². The van der Waals surface area contributed by atoms with Crippen molar-refractivity contribution < 1.29 is 26.5 Å². The Morgan fingerprint density at radius 2 is 2.00 bits per heavy atom. The maximum atomic E-state index is 13.0. The van der Waals surface area contributed by atoms with Gasteiger partial charge in [0, 0.05) is 0 Å². The molecule has 12 nitrogen and oxygen atoms in total. The molecule has 162 valence electrons. The minimum atomic E-state index is -4.20. The maximum absolute atomic E-state index is 13.0. The third-order valence-corrected chi connectivity index (χ3v) is 4.99. The smallest absolute Gasteiger partial charge is 0.339 e. The SMILES string of the molecule is COc1cc(/C=N\NC(=O)Cn2nnnc2N)ccc1OS(=O)(=O)c1ccc(F)cc1. The molecule has 0 saturated carbocycles. The molecular formula is C17H16FN7O5S. The summed E-state index contributed by atoms with van der Waals surface area (Å²) < 4.78 is 49.1. The summed E-state index contributed by atoms with van der Waals surface area (Å²) in [5.74, 6) is -1.10. The Balaban J connectivity index is 1.68. The largest absolute Gasteiger partial charge is 0.493 e. The molecule has 1 heterocycles. The third-order valence-electron chi connectivity index (χ3n) is 3.75. The molecule has 0 aliphatic carbocycles. The summed E-state index contributed by atoms with van der Waals surface area (Å²) in [5, 5.41) is 14.1. The van der Waals surface area contributed by atoms with Gasteiger partial charge in [0.2, 0.25) is 5.95 Å². The van der Waals surface area contributed by atoms with Crippen LogP contribution < -0.4 is 20.1 Å². The third kappa shape index (κ3) is 5.51. The highest BCUT2D eigenvalue weighted by atomic mass is 32.2. The predicted molar refractivity (Wildman–Crippen MR) is 105 cm³/mol. The summed E-state index contributed by atoms with van der Waals surface area (Å²) in [4.78, 5) is 11.6. The summed E-state index contributed by atoms with van der Waals surface area (Å²) >= 11 is 0. The number of amides is 1. The number of aromatic nitrogens is 4. The van der Waals surface area contributed by atoms with Crippen molar-refractivity contribution in [3.05, 3.63) is 53.8 Å². The van der Waals surface area contributed by atoms with Gasteiger partial charge in [0.15, 0.2) is 11.5 Å². The van der Waals surface area contributed by atoms with Crippen LogP contribution in [0.3, 0.4) is 0 Å². The first-order chi connectivity index (χ1) is 14.8. The first-order valence-electron chi connectivity index (χ1n) is 8.50. The van der Waals surface area contributed by atoms with Crippen molar-refractivity contribution in [2.45, 2.75) is 11.4 Å². The highest BCUT2D eigenvalue weighted by Gasteiger charge is 2.19. The number of nitrogens with two attached hydrogens (primary N) is 1. The van der Waals surface area contributed by atoms with Crippen LogP contribution in [-0.2, 0) is 21.5 Å². The Kier molecular flexibility index (Phi) is 6.40. The normalized spacial score (nSPS) is 11.4. The van der Waals surface area contributed by atoms with Gasteiger partial charge in [-0.05, 0) is 58.5 Å². The van der Waals surface area contributed by atoms with Crippen LogP contribution >= 0.6 is 0 Å². The van der Waals surface area contributed by atoms with E-state index in [-0.39, 0.29) is 28.9 Å². The van der Waals surface area contributed by atoms with Gasteiger partial charge in [-0.15, -0.1) is 0 Å². The molecule has 0 saturated heterocycles. The van der Waals surface area contributed by atoms with Gasteiger partial charge >= 0.3 is 10.1 Å². The molecule has 0 atom stereocenters. The van der Waals surface area contributed by atoms with Crippen molar-refractivity contribution in [2.24, 2.45) is 5.10 Å². The minimum Gasteiger partial charge on any atom is -0.493 e. The van der Waals surface area contributed by atoms with Gasteiger partial charge in [-0.2, -0.15) is 13.5 Å². The van der Waals surface area contributed by atoms with E-state index in [9.17, 15) is 17.6 Å². The van der Waals surface area contributed by atoms with E-state index in [0.29, 0.717) is 5.56 Å². The molecule has 3 N–H and O–H groups in total. The van der Waals surface area contributed by atoms with Crippen molar-refractivity contribution in [2.75, 3.05) is 12.8 Å². The van der Waals surface area contributed by atoms with Crippen molar-refractivity contribution in [1.82, 2.24) is 25.6 Å². The Bertz CT molecular complexity index is 1210. The zero-order chi connectivity index (χ0) is 22.4. The molecule has 0 bridgehead atoms. The number of carbonyl (C=O) groups excluding carboxylic acids is 1. The fourth-order valence-corrected chi connectivity index (χ4v) is 3.21. The summed E-state index contributed by atoms with van der Waals surface area (Å²) in [7, 11) is -2.87. The average molecular weight is 449 g/mol. The lowest BCUT2D eigenvalue weighted by Gasteiger charge is -2.11. The van der Waals surface area contributed by atoms with Crippen LogP contribution in [0.25, 0.3) is 0 Å². The second kappa shape index (κ2) is 9.17. The maximum Gasteiger partial charge on any atom is 0.339 e. The highest BCUT2D eigenvalue weighted by molar-refractivity contribution is 7.87. The lowest BCUT2D eigenvalue weighted by atomic mass is 10.2. The number of anilines is 1. The second-order valence-electron chi connectivity index (χ2n) is 5.89. The van der Waals surface area contributed by atoms with Gasteiger partial charge in [0.1, 0.15) is 17.3 Å². The number of methoxy groups -OCH3 is 1. The number of nitrogens with one attached hydrogen (secondary N) is 1. The molecule has 0 unspecified atom stereocenters. The van der Waals surface area contributed by atoms with E-state index in [4.69, 9.17) is 14.7 Å². The van der Waals surface area contributed by atoms with Crippen molar-refractivity contribution in [3.63, 3.8) is 0 Å². The summed E-state index contributed by atoms with van der Waals surface area (Å²) in [6.45, 7) is -0.229. The molecule has 1 aromatic heterocycles. The average Bonchev–Trinajstić information content (AvgIpc) is 3.13. The molecule has 0 aliphatic heterocycles. The number of nitrogens with zero attached hydrogens (tertiary/aromatic N) is 5. The molecule has 0 fully saturated rings. The van der Waals surface area contributed by atoms with Gasteiger partial charge in [0.05, 0.1) is 13.3 Å². The number of carbonyl (C=O) groups is 1. The second-order valence-corrected chi connectivity index (χ2v) is 7.44. The van der Waals surface area contributed by atoms with Gasteiger partial charge in [-0.3, -0.25) is 4.79 Å². The molecule has 31 heavy (non-hydrogen) atoms. The predicted octanol–water partition coefficient (Wildman–Crippen LogP) is 0.321. The van der Waals surface area contributed by atoms with Gasteiger partial charge < -0.3 is 14.7 Å². The molecule has 3 rings (SSSR count). The number of nitrogen functional groups attached to an aromatic ring is 1. The number of benzene rings is 2. The van der Waals surface area contributed by atoms with E-state index < -0.39 is 21.8 Å². The molecule has 2 aromatic carbocycles. The number of hydrazone groups is 1. The lowest BCUT2D eigenvalue weighted by Crippen LogP contribution is -2.24. The molecular weight excluding hydrogens is 433 g/mol. The van der Waals surface area contributed by atoms with Crippen LogP contribution in [-0.4, -0.2) is 47.9 Å². The van der Waals surface area contributed by atoms with E-state index in [1.54, 1.807) is 0 Å². The van der Waals surface area contributed by atoms with Gasteiger partial charge in [-0.1, -0.05) is 5.10 Å². The Labute approximate surface area is 175 Å². The van der Waals surface area contributed by atoms with Crippen LogP contribution in [0, 0.1) is 5.82 Å². The highest BCUT2D eigenvalue weighted by Crippen LogP contribution is 2.30. The van der Waals surface area contributed by atoms with Gasteiger partial charge in [0.25, 0.3) is 5.91 Å². The van der Waals surface area contributed by atoms with Crippen LogP contribution in [0.4, 0.5) is 10.3 Å². The van der Waals surface area contributed by atoms with E-state index in [1.807, 2.05) is 0 Å². The van der Waals surface area contributed by atoms with Gasteiger partial charge in [-0.25, -0.2) is 14.5 Å². The standard InChI is InChI=1S/C17H16FN7O5S/c1-29-15-8-11(9-20-21-16(26)10-25-17(19)22-23-24-25)2-7-14(15)30-31(27,28)13-5-3-12(18)4-6-13/h2-9H,10H2,1H3,(H,21,26)(H2,19,22,24)/b20-9-.